The molecule has 4 nitrogen and oxygen atoms in total. The number of benzene rings is 1. The van der Waals surface area contributed by atoms with E-state index in [4.69, 9.17) is 4.74 Å². The molecule has 2 heterocycles. The Bertz CT molecular complexity index is 791. The minimum absolute atomic E-state index is 0.101. The van der Waals surface area contributed by atoms with Gasteiger partial charge in [-0.2, -0.15) is 0 Å². The van der Waals surface area contributed by atoms with Gasteiger partial charge in [0, 0.05) is 5.39 Å². The summed E-state index contributed by atoms with van der Waals surface area (Å²) in [6.07, 6.45) is 0. The Labute approximate surface area is 112 Å². The zero-order valence-electron chi connectivity index (χ0n) is 10.4. The van der Waals surface area contributed by atoms with E-state index in [0.717, 1.165) is 26.3 Å². The van der Waals surface area contributed by atoms with Crippen LogP contribution in [0, 0.1) is 12.7 Å². The van der Waals surface area contributed by atoms with Crippen molar-refractivity contribution in [2.75, 3.05) is 7.11 Å². The van der Waals surface area contributed by atoms with Crippen molar-refractivity contribution in [3.05, 3.63) is 29.0 Å². The number of thiazole rings is 1. The van der Waals surface area contributed by atoms with Gasteiger partial charge in [-0.25, -0.2) is 9.37 Å². The zero-order chi connectivity index (χ0) is 13.6. The molecule has 0 N–H and O–H groups in total. The summed E-state index contributed by atoms with van der Waals surface area (Å²) < 4.78 is 19.9. The highest BCUT2D eigenvalue weighted by Crippen LogP contribution is 2.32. The minimum Gasteiger partial charge on any atom is -0.468 e. The van der Waals surface area contributed by atoms with Crippen LogP contribution in [-0.2, 0) is 16.1 Å². The molecule has 0 fully saturated rings. The number of aromatic nitrogens is 2. The van der Waals surface area contributed by atoms with Gasteiger partial charge in [0.1, 0.15) is 22.7 Å². The number of ether oxygens (including phenoxy) is 1. The molecule has 2 aromatic heterocycles. The van der Waals surface area contributed by atoms with Crippen molar-refractivity contribution < 1.29 is 13.9 Å². The number of carbonyl (C=O) groups is 1. The third kappa shape index (κ3) is 1.88. The predicted molar refractivity (Wildman–Crippen MR) is 71.8 cm³/mol. The summed E-state index contributed by atoms with van der Waals surface area (Å²) in [5.41, 5.74) is 1.53. The maximum Gasteiger partial charge on any atom is 0.325 e. The van der Waals surface area contributed by atoms with Gasteiger partial charge in [0.15, 0.2) is 0 Å². The van der Waals surface area contributed by atoms with E-state index < -0.39 is 0 Å². The number of rotatable bonds is 2. The van der Waals surface area contributed by atoms with E-state index >= 15 is 0 Å². The van der Waals surface area contributed by atoms with Crippen molar-refractivity contribution in [3.8, 4) is 0 Å². The Morgan fingerprint density at radius 3 is 3.05 bits per heavy atom. The first kappa shape index (κ1) is 12.1. The summed E-state index contributed by atoms with van der Waals surface area (Å²) in [5.74, 6) is -0.649. The van der Waals surface area contributed by atoms with Crippen LogP contribution < -0.4 is 0 Å². The molecule has 3 rings (SSSR count). The second kappa shape index (κ2) is 4.31. The number of fused-ring (bicyclic) bond motifs is 3. The lowest BCUT2D eigenvalue weighted by Crippen LogP contribution is -2.10. The lowest BCUT2D eigenvalue weighted by Gasteiger charge is -2.04. The Morgan fingerprint density at radius 2 is 2.32 bits per heavy atom. The van der Waals surface area contributed by atoms with E-state index in [-0.39, 0.29) is 18.3 Å². The summed E-state index contributed by atoms with van der Waals surface area (Å²) >= 11 is 1.48. The Morgan fingerprint density at radius 1 is 1.53 bits per heavy atom. The Kier molecular flexibility index (Phi) is 2.74. The standard InChI is InChI=1S/C13H11FN2O2S/c1-7-15-12-9-5-8(14)3-4-10(9)16(13(12)19-7)6-11(17)18-2/h3-5H,6H2,1-2H3. The molecule has 0 amide bonds. The van der Waals surface area contributed by atoms with Gasteiger partial charge in [-0.3, -0.25) is 4.79 Å². The molecule has 98 valence electrons. The topological polar surface area (TPSA) is 44.1 Å². The number of esters is 1. The van der Waals surface area contributed by atoms with Crippen LogP contribution in [0.3, 0.4) is 0 Å². The predicted octanol–water partition coefficient (Wildman–Crippen LogP) is 2.87. The zero-order valence-corrected chi connectivity index (χ0v) is 11.3. The van der Waals surface area contributed by atoms with E-state index in [2.05, 4.69) is 4.98 Å². The highest BCUT2D eigenvalue weighted by atomic mass is 32.1. The third-order valence-electron chi connectivity index (χ3n) is 2.98. The number of nitrogens with zero attached hydrogens (tertiary/aromatic N) is 2. The van der Waals surface area contributed by atoms with Crippen LogP contribution in [0.2, 0.25) is 0 Å². The fourth-order valence-electron chi connectivity index (χ4n) is 2.17. The van der Waals surface area contributed by atoms with E-state index in [0.29, 0.717) is 0 Å². The van der Waals surface area contributed by atoms with Gasteiger partial charge in [0.2, 0.25) is 0 Å². The third-order valence-corrected chi connectivity index (χ3v) is 3.97. The van der Waals surface area contributed by atoms with Gasteiger partial charge in [-0.1, -0.05) is 0 Å². The van der Waals surface area contributed by atoms with Crippen molar-refractivity contribution in [1.82, 2.24) is 9.55 Å². The fraction of sp³-hybridized carbons (Fsp3) is 0.231. The first-order chi connectivity index (χ1) is 9.10. The van der Waals surface area contributed by atoms with Gasteiger partial charge >= 0.3 is 5.97 Å². The van der Waals surface area contributed by atoms with Crippen LogP contribution in [0.4, 0.5) is 4.39 Å². The van der Waals surface area contributed by atoms with Crippen molar-refractivity contribution in [1.29, 1.82) is 0 Å². The average molecular weight is 278 g/mol. The number of hydrogen-bond donors (Lipinski definition) is 0. The van der Waals surface area contributed by atoms with E-state index in [1.807, 2.05) is 11.5 Å². The molecule has 0 saturated carbocycles. The quantitative estimate of drug-likeness (QED) is 0.677. The normalized spacial score (nSPS) is 11.3. The van der Waals surface area contributed by atoms with E-state index in [9.17, 15) is 9.18 Å². The van der Waals surface area contributed by atoms with Gasteiger partial charge < -0.3 is 9.30 Å². The molecular formula is C13H11FN2O2S. The molecule has 6 heteroatoms. The van der Waals surface area contributed by atoms with E-state index in [1.165, 1.54) is 30.6 Å². The lowest BCUT2D eigenvalue weighted by molar-refractivity contribution is -0.141. The molecule has 0 atom stereocenters. The van der Waals surface area contributed by atoms with Gasteiger partial charge in [-0.05, 0) is 25.1 Å². The molecule has 0 spiro atoms. The first-order valence-corrected chi connectivity index (χ1v) is 6.53. The molecule has 3 aromatic rings. The number of carbonyl (C=O) groups excluding carboxylic acids is 1. The molecule has 0 saturated heterocycles. The summed E-state index contributed by atoms with van der Waals surface area (Å²) in [5, 5.41) is 1.61. The summed E-state index contributed by atoms with van der Waals surface area (Å²) in [6, 6.07) is 4.49. The van der Waals surface area contributed by atoms with Crippen molar-refractivity contribution >= 4 is 38.6 Å². The van der Waals surface area contributed by atoms with Crippen LogP contribution in [0.1, 0.15) is 5.01 Å². The Hall–Kier alpha value is -1.95. The van der Waals surface area contributed by atoms with E-state index in [1.54, 1.807) is 6.07 Å². The molecule has 0 radical (unpaired) electrons. The van der Waals surface area contributed by atoms with Gasteiger partial charge in [0.25, 0.3) is 0 Å². The van der Waals surface area contributed by atoms with Crippen LogP contribution in [-0.4, -0.2) is 22.6 Å². The number of halogens is 1. The van der Waals surface area contributed by atoms with Crippen molar-refractivity contribution in [2.24, 2.45) is 0 Å². The van der Waals surface area contributed by atoms with Crippen LogP contribution in [0.15, 0.2) is 18.2 Å². The largest absolute Gasteiger partial charge is 0.468 e. The summed E-state index contributed by atoms with van der Waals surface area (Å²) in [7, 11) is 1.35. The number of hydrogen-bond acceptors (Lipinski definition) is 4. The summed E-state index contributed by atoms with van der Waals surface area (Å²) in [6.45, 7) is 1.99. The van der Waals surface area contributed by atoms with Crippen LogP contribution in [0.25, 0.3) is 21.3 Å². The first-order valence-electron chi connectivity index (χ1n) is 5.72. The molecule has 0 aliphatic heterocycles. The second-order valence-electron chi connectivity index (χ2n) is 4.21. The molecule has 0 bridgehead atoms. The molecule has 0 unspecified atom stereocenters. The van der Waals surface area contributed by atoms with Gasteiger partial charge in [-0.15, -0.1) is 11.3 Å². The minimum atomic E-state index is -0.339. The molecule has 0 aliphatic carbocycles. The van der Waals surface area contributed by atoms with Crippen LogP contribution >= 0.6 is 11.3 Å². The summed E-state index contributed by atoms with van der Waals surface area (Å²) in [4.78, 5) is 16.8. The second-order valence-corrected chi connectivity index (χ2v) is 5.39. The average Bonchev–Trinajstić information content (AvgIpc) is 2.87. The maximum absolute atomic E-state index is 13.4. The molecular weight excluding hydrogens is 267 g/mol. The van der Waals surface area contributed by atoms with Gasteiger partial charge in [0.05, 0.1) is 17.6 Å². The van der Waals surface area contributed by atoms with Crippen molar-refractivity contribution in [2.45, 2.75) is 13.5 Å². The highest BCUT2D eigenvalue weighted by Gasteiger charge is 2.17. The number of aryl methyl sites for hydroxylation is 1. The molecule has 19 heavy (non-hydrogen) atoms. The monoisotopic (exact) mass is 278 g/mol. The smallest absolute Gasteiger partial charge is 0.325 e. The molecule has 1 aromatic carbocycles. The number of methoxy groups -OCH3 is 1. The molecule has 0 aliphatic rings. The highest BCUT2D eigenvalue weighted by molar-refractivity contribution is 7.18. The lowest BCUT2D eigenvalue weighted by atomic mass is 10.2. The Balaban J connectivity index is 2.34. The van der Waals surface area contributed by atoms with Crippen LogP contribution in [0.5, 0.6) is 0 Å². The SMILES string of the molecule is COC(=O)Cn1c2ccc(F)cc2c2nc(C)sc21. The van der Waals surface area contributed by atoms with Crippen molar-refractivity contribution in [3.63, 3.8) is 0 Å². The maximum atomic E-state index is 13.4. The fourth-order valence-corrected chi connectivity index (χ4v) is 3.11.